The Labute approximate surface area is 126 Å². The molecule has 0 unspecified atom stereocenters. The quantitative estimate of drug-likeness (QED) is 0.784. The van der Waals surface area contributed by atoms with Crippen LogP contribution in [-0.4, -0.2) is 17.5 Å². The van der Waals surface area contributed by atoms with Crippen LogP contribution in [0.2, 0.25) is 0 Å². The van der Waals surface area contributed by atoms with Crippen LogP contribution in [0, 0.1) is 0 Å². The summed E-state index contributed by atoms with van der Waals surface area (Å²) in [7, 11) is 0. The summed E-state index contributed by atoms with van der Waals surface area (Å²) >= 11 is 3.38. The number of nitrogens with one attached hydrogen (secondary N) is 2. The molecule has 108 valence electrons. The third kappa shape index (κ3) is 3.50. The molecule has 5 nitrogen and oxygen atoms in total. The molecule has 3 amide bonds. The third-order valence-corrected chi connectivity index (χ3v) is 4.12. The van der Waals surface area contributed by atoms with Crippen molar-refractivity contribution in [1.29, 1.82) is 0 Å². The molecule has 1 aromatic rings. The highest BCUT2D eigenvalue weighted by atomic mass is 79.9. The minimum absolute atomic E-state index is 0.356. The van der Waals surface area contributed by atoms with Crippen LogP contribution < -0.4 is 16.4 Å². The van der Waals surface area contributed by atoms with Crippen LogP contribution in [0.15, 0.2) is 28.7 Å². The first-order valence-corrected chi connectivity index (χ1v) is 7.41. The van der Waals surface area contributed by atoms with E-state index in [1.807, 2.05) is 24.3 Å². The Kier molecular flexibility index (Phi) is 4.65. The van der Waals surface area contributed by atoms with Crippen molar-refractivity contribution < 1.29 is 9.59 Å². The molecule has 0 bridgehead atoms. The number of rotatable bonds is 4. The van der Waals surface area contributed by atoms with Gasteiger partial charge >= 0.3 is 6.03 Å². The molecule has 1 fully saturated rings. The molecule has 0 saturated heterocycles. The molecule has 2 rings (SSSR count). The molecular weight excluding hydrogens is 322 g/mol. The van der Waals surface area contributed by atoms with Crippen molar-refractivity contribution in [3.05, 3.63) is 34.3 Å². The lowest BCUT2D eigenvalue weighted by Crippen LogP contribution is -2.57. The molecule has 0 spiro atoms. The van der Waals surface area contributed by atoms with Crippen molar-refractivity contribution in [2.45, 2.75) is 37.8 Å². The predicted molar refractivity (Wildman–Crippen MR) is 79.9 cm³/mol. The van der Waals surface area contributed by atoms with Gasteiger partial charge in [-0.3, -0.25) is 4.79 Å². The first kappa shape index (κ1) is 14.8. The molecular formula is C14H18BrN3O2. The van der Waals surface area contributed by atoms with Crippen LogP contribution in [0.5, 0.6) is 0 Å². The Balaban J connectivity index is 1.90. The second-order valence-electron chi connectivity index (χ2n) is 5.09. The average molecular weight is 340 g/mol. The highest BCUT2D eigenvalue weighted by molar-refractivity contribution is 9.10. The van der Waals surface area contributed by atoms with E-state index in [0.717, 1.165) is 22.9 Å². The van der Waals surface area contributed by atoms with Gasteiger partial charge in [0.05, 0.1) is 0 Å². The van der Waals surface area contributed by atoms with Gasteiger partial charge in [0.1, 0.15) is 5.54 Å². The van der Waals surface area contributed by atoms with Crippen molar-refractivity contribution in [2.75, 3.05) is 0 Å². The van der Waals surface area contributed by atoms with Crippen molar-refractivity contribution in [3.63, 3.8) is 0 Å². The van der Waals surface area contributed by atoms with Gasteiger partial charge in [-0.25, -0.2) is 4.79 Å². The third-order valence-electron chi connectivity index (χ3n) is 3.62. The lowest BCUT2D eigenvalue weighted by Gasteiger charge is -2.26. The summed E-state index contributed by atoms with van der Waals surface area (Å²) < 4.78 is 0.960. The van der Waals surface area contributed by atoms with E-state index in [2.05, 4.69) is 26.6 Å². The lowest BCUT2D eigenvalue weighted by molar-refractivity contribution is -0.123. The van der Waals surface area contributed by atoms with E-state index in [1.54, 1.807) is 0 Å². The van der Waals surface area contributed by atoms with Gasteiger partial charge < -0.3 is 16.4 Å². The highest BCUT2D eigenvalue weighted by Crippen LogP contribution is 2.29. The summed E-state index contributed by atoms with van der Waals surface area (Å²) in [5.41, 5.74) is 5.53. The Morgan fingerprint density at radius 3 is 2.60 bits per heavy atom. The molecule has 1 saturated carbocycles. The molecule has 1 aliphatic carbocycles. The molecule has 1 aliphatic rings. The zero-order valence-electron chi connectivity index (χ0n) is 11.1. The fourth-order valence-electron chi connectivity index (χ4n) is 2.50. The van der Waals surface area contributed by atoms with Crippen LogP contribution in [0.25, 0.3) is 0 Å². The van der Waals surface area contributed by atoms with E-state index in [1.165, 1.54) is 0 Å². The first-order valence-electron chi connectivity index (χ1n) is 6.62. The number of carbonyl (C=O) groups is 2. The standard InChI is InChI=1S/C14H18BrN3O2/c15-11-5-3-4-10(8-11)9-17-13(20)18-14(12(16)19)6-1-2-7-14/h3-5,8H,1-2,6-7,9H2,(H2,16,19)(H2,17,18,20). The topological polar surface area (TPSA) is 84.2 Å². The second-order valence-corrected chi connectivity index (χ2v) is 6.01. The van der Waals surface area contributed by atoms with Crippen molar-refractivity contribution in [2.24, 2.45) is 5.73 Å². The van der Waals surface area contributed by atoms with Gasteiger partial charge in [0.25, 0.3) is 0 Å². The summed E-state index contributed by atoms with van der Waals surface area (Å²) in [4.78, 5) is 23.5. The molecule has 0 heterocycles. The minimum atomic E-state index is -0.874. The molecule has 6 heteroatoms. The molecule has 4 N–H and O–H groups in total. The smallest absolute Gasteiger partial charge is 0.315 e. The molecule has 0 atom stereocenters. The molecule has 1 aromatic carbocycles. The maximum Gasteiger partial charge on any atom is 0.315 e. The van der Waals surface area contributed by atoms with Crippen LogP contribution in [0.1, 0.15) is 31.2 Å². The lowest BCUT2D eigenvalue weighted by atomic mass is 9.97. The van der Waals surface area contributed by atoms with Gasteiger partial charge in [0.15, 0.2) is 0 Å². The van der Waals surface area contributed by atoms with Gasteiger partial charge in [-0.1, -0.05) is 40.9 Å². The number of hydrogen-bond acceptors (Lipinski definition) is 2. The van der Waals surface area contributed by atoms with Crippen molar-refractivity contribution in [1.82, 2.24) is 10.6 Å². The number of carbonyl (C=O) groups excluding carboxylic acids is 2. The number of urea groups is 1. The molecule has 0 aliphatic heterocycles. The zero-order valence-corrected chi connectivity index (χ0v) is 12.7. The fraction of sp³-hybridized carbons (Fsp3) is 0.429. The molecule has 0 radical (unpaired) electrons. The van der Waals surface area contributed by atoms with Crippen molar-refractivity contribution >= 4 is 27.9 Å². The van der Waals surface area contributed by atoms with E-state index in [0.29, 0.717) is 19.4 Å². The number of benzene rings is 1. The van der Waals surface area contributed by atoms with E-state index < -0.39 is 11.4 Å². The Morgan fingerprint density at radius 2 is 2.00 bits per heavy atom. The normalized spacial score (nSPS) is 16.6. The predicted octanol–water partition coefficient (Wildman–Crippen LogP) is 2.05. The van der Waals surface area contributed by atoms with E-state index in [4.69, 9.17) is 5.73 Å². The number of amides is 3. The Hall–Kier alpha value is -1.56. The van der Waals surface area contributed by atoms with Gasteiger partial charge in [0.2, 0.25) is 5.91 Å². The van der Waals surface area contributed by atoms with E-state index >= 15 is 0 Å². The van der Waals surface area contributed by atoms with Crippen molar-refractivity contribution in [3.8, 4) is 0 Å². The second kappa shape index (κ2) is 6.26. The SMILES string of the molecule is NC(=O)C1(NC(=O)NCc2cccc(Br)c2)CCCC1. The fourth-order valence-corrected chi connectivity index (χ4v) is 2.95. The number of nitrogens with two attached hydrogens (primary N) is 1. The van der Waals surface area contributed by atoms with Crippen LogP contribution in [-0.2, 0) is 11.3 Å². The van der Waals surface area contributed by atoms with Crippen LogP contribution >= 0.6 is 15.9 Å². The van der Waals surface area contributed by atoms with E-state index in [9.17, 15) is 9.59 Å². The average Bonchev–Trinajstić information content (AvgIpc) is 2.86. The van der Waals surface area contributed by atoms with Crippen LogP contribution in [0.4, 0.5) is 4.79 Å². The van der Waals surface area contributed by atoms with E-state index in [-0.39, 0.29) is 6.03 Å². The highest BCUT2D eigenvalue weighted by Gasteiger charge is 2.40. The zero-order chi connectivity index (χ0) is 14.6. The van der Waals surface area contributed by atoms with Gasteiger partial charge in [-0.05, 0) is 30.5 Å². The summed E-state index contributed by atoms with van der Waals surface area (Å²) in [5.74, 6) is -0.451. The summed E-state index contributed by atoms with van der Waals surface area (Å²) in [6.07, 6.45) is 3.06. The summed E-state index contributed by atoms with van der Waals surface area (Å²) in [5, 5.41) is 5.49. The Bertz CT molecular complexity index is 513. The van der Waals surface area contributed by atoms with Gasteiger partial charge in [-0.15, -0.1) is 0 Å². The van der Waals surface area contributed by atoms with Crippen LogP contribution in [0.3, 0.4) is 0 Å². The molecule has 20 heavy (non-hydrogen) atoms. The van der Waals surface area contributed by atoms with Gasteiger partial charge in [-0.2, -0.15) is 0 Å². The largest absolute Gasteiger partial charge is 0.368 e. The summed E-state index contributed by atoms with van der Waals surface area (Å²) in [6.45, 7) is 0.403. The maximum absolute atomic E-state index is 11.9. The Morgan fingerprint density at radius 1 is 1.30 bits per heavy atom. The number of halogens is 1. The first-order chi connectivity index (χ1) is 9.52. The van der Waals surface area contributed by atoms with Gasteiger partial charge in [0, 0.05) is 11.0 Å². The number of hydrogen-bond donors (Lipinski definition) is 3. The number of primary amides is 1. The summed E-state index contributed by atoms with van der Waals surface area (Å²) in [6, 6.07) is 7.32. The maximum atomic E-state index is 11.9. The minimum Gasteiger partial charge on any atom is -0.368 e. The monoisotopic (exact) mass is 339 g/mol. The molecule has 0 aromatic heterocycles.